The van der Waals surface area contributed by atoms with Crippen LogP contribution < -0.4 is 10.2 Å². The van der Waals surface area contributed by atoms with E-state index in [0.717, 1.165) is 11.8 Å². The SMILES string of the molecule is CC(=O)OCC(=O)C(CC(=O)O)NC(=O)CN1C=CCN(c2ccccc2)C1=O. The van der Waals surface area contributed by atoms with E-state index in [-0.39, 0.29) is 0 Å². The summed E-state index contributed by atoms with van der Waals surface area (Å²) in [6.07, 6.45) is 2.47. The van der Waals surface area contributed by atoms with Gasteiger partial charge in [-0.3, -0.25) is 29.0 Å². The molecule has 29 heavy (non-hydrogen) atoms. The topological polar surface area (TPSA) is 133 Å². The Morgan fingerprint density at radius 1 is 1.21 bits per heavy atom. The number of rotatable bonds is 9. The van der Waals surface area contributed by atoms with Gasteiger partial charge in [-0.15, -0.1) is 0 Å². The zero-order chi connectivity index (χ0) is 21.4. The summed E-state index contributed by atoms with van der Waals surface area (Å²) in [4.78, 5) is 61.4. The van der Waals surface area contributed by atoms with Crippen molar-refractivity contribution < 1.29 is 33.8 Å². The molecular formula is C19H21N3O7. The molecule has 10 nitrogen and oxygen atoms in total. The smallest absolute Gasteiger partial charge is 0.329 e. The third-order valence-corrected chi connectivity index (χ3v) is 3.95. The third kappa shape index (κ3) is 6.45. The maximum absolute atomic E-state index is 12.6. The molecule has 0 aliphatic carbocycles. The predicted molar refractivity (Wildman–Crippen MR) is 101 cm³/mol. The molecule has 1 aromatic rings. The van der Waals surface area contributed by atoms with Crippen molar-refractivity contribution in [2.45, 2.75) is 19.4 Å². The van der Waals surface area contributed by atoms with Gasteiger partial charge in [0.25, 0.3) is 0 Å². The summed E-state index contributed by atoms with van der Waals surface area (Å²) < 4.78 is 4.56. The number of carbonyl (C=O) groups excluding carboxylic acids is 4. The average molecular weight is 403 g/mol. The number of ether oxygens (including phenoxy) is 1. The van der Waals surface area contributed by atoms with Crippen LogP contribution in [0.3, 0.4) is 0 Å². The summed E-state index contributed by atoms with van der Waals surface area (Å²) in [6, 6.07) is 7.07. The molecule has 1 unspecified atom stereocenters. The van der Waals surface area contributed by atoms with Crippen molar-refractivity contribution in [3.63, 3.8) is 0 Å². The van der Waals surface area contributed by atoms with E-state index >= 15 is 0 Å². The van der Waals surface area contributed by atoms with Crippen LogP contribution in [0.25, 0.3) is 0 Å². The van der Waals surface area contributed by atoms with Crippen molar-refractivity contribution in [3.8, 4) is 0 Å². The number of esters is 1. The number of amides is 3. The number of ketones is 1. The standard InChI is InChI=1S/C19H21N3O7/c1-13(23)29-12-16(24)15(10-18(26)27)20-17(25)11-21-8-5-9-22(19(21)28)14-6-3-2-4-7-14/h2-8,15H,9-12H2,1H3,(H,20,25)(H,26,27). The quantitative estimate of drug-likeness (QED) is 0.575. The first-order valence-corrected chi connectivity index (χ1v) is 8.75. The van der Waals surface area contributed by atoms with E-state index in [1.54, 1.807) is 30.3 Å². The Labute approximate surface area is 166 Å². The van der Waals surface area contributed by atoms with Crippen molar-refractivity contribution in [3.05, 3.63) is 42.6 Å². The lowest BCUT2D eigenvalue weighted by atomic mass is 10.1. The first-order valence-electron chi connectivity index (χ1n) is 8.75. The minimum Gasteiger partial charge on any atom is -0.481 e. The molecule has 3 amide bonds. The fourth-order valence-corrected chi connectivity index (χ4v) is 2.61. The lowest BCUT2D eigenvalue weighted by molar-refractivity contribution is -0.147. The first-order chi connectivity index (χ1) is 13.8. The van der Waals surface area contributed by atoms with Gasteiger partial charge in [0.2, 0.25) is 5.91 Å². The molecule has 154 valence electrons. The number of benzene rings is 1. The maximum atomic E-state index is 12.6. The normalized spacial score (nSPS) is 14.3. The van der Waals surface area contributed by atoms with Gasteiger partial charge in [-0.25, -0.2) is 4.79 Å². The lowest BCUT2D eigenvalue weighted by Gasteiger charge is -2.31. The molecule has 0 radical (unpaired) electrons. The van der Waals surface area contributed by atoms with Gasteiger partial charge >= 0.3 is 18.0 Å². The number of para-hydroxylation sites is 1. The second-order valence-electron chi connectivity index (χ2n) is 6.21. The molecule has 0 fully saturated rings. The molecule has 2 N–H and O–H groups in total. The number of carboxylic acid groups (broad SMARTS) is 1. The van der Waals surface area contributed by atoms with Crippen molar-refractivity contribution in [1.29, 1.82) is 0 Å². The first kappa shape index (κ1) is 21.6. The predicted octanol–water partition coefficient (Wildman–Crippen LogP) is 0.534. The summed E-state index contributed by atoms with van der Waals surface area (Å²) >= 11 is 0. The molecule has 0 aromatic heterocycles. The van der Waals surface area contributed by atoms with E-state index in [0.29, 0.717) is 12.2 Å². The van der Waals surface area contributed by atoms with Crippen LogP contribution in [-0.2, 0) is 23.9 Å². The number of carboxylic acids is 1. The number of aliphatic carboxylic acids is 1. The van der Waals surface area contributed by atoms with Gasteiger partial charge in [0, 0.05) is 25.4 Å². The third-order valence-electron chi connectivity index (χ3n) is 3.95. The minimum absolute atomic E-state index is 0.337. The Bertz CT molecular complexity index is 822. The average Bonchev–Trinajstić information content (AvgIpc) is 2.67. The molecule has 1 aliphatic rings. The highest BCUT2D eigenvalue weighted by molar-refractivity contribution is 5.98. The molecular weight excluding hydrogens is 382 g/mol. The summed E-state index contributed by atoms with van der Waals surface area (Å²) in [7, 11) is 0. The number of carbonyl (C=O) groups is 5. The van der Waals surface area contributed by atoms with Crippen LogP contribution in [0.5, 0.6) is 0 Å². The van der Waals surface area contributed by atoms with Crippen molar-refractivity contribution >= 4 is 35.3 Å². The highest BCUT2D eigenvalue weighted by atomic mass is 16.5. The van der Waals surface area contributed by atoms with E-state index in [1.165, 1.54) is 11.1 Å². The monoisotopic (exact) mass is 403 g/mol. The van der Waals surface area contributed by atoms with Gasteiger partial charge in [0.05, 0.1) is 6.42 Å². The fraction of sp³-hybridized carbons (Fsp3) is 0.316. The number of hydrogen-bond acceptors (Lipinski definition) is 6. The van der Waals surface area contributed by atoms with Crippen LogP contribution in [0.2, 0.25) is 0 Å². The van der Waals surface area contributed by atoms with Gasteiger partial charge in [-0.2, -0.15) is 0 Å². The van der Waals surface area contributed by atoms with Crippen molar-refractivity contribution in [2.75, 3.05) is 24.6 Å². The Balaban J connectivity index is 2.01. The van der Waals surface area contributed by atoms with Crippen LogP contribution in [-0.4, -0.2) is 65.4 Å². The molecule has 1 atom stereocenters. The molecule has 0 bridgehead atoms. The Kier molecular flexibility index (Phi) is 7.47. The summed E-state index contributed by atoms with van der Waals surface area (Å²) in [5.41, 5.74) is 0.660. The summed E-state index contributed by atoms with van der Waals surface area (Å²) in [5, 5.41) is 11.2. The van der Waals surface area contributed by atoms with Crippen LogP contribution in [0.15, 0.2) is 42.6 Å². The van der Waals surface area contributed by atoms with E-state index in [1.807, 2.05) is 6.07 Å². The van der Waals surface area contributed by atoms with Gasteiger partial charge in [0.15, 0.2) is 12.4 Å². The molecule has 2 rings (SSSR count). The van der Waals surface area contributed by atoms with Crippen LogP contribution >= 0.6 is 0 Å². The van der Waals surface area contributed by atoms with Crippen molar-refractivity contribution in [2.24, 2.45) is 0 Å². The van der Waals surface area contributed by atoms with Crippen molar-refractivity contribution in [1.82, 2.24) is 10.2 Å². The molecule has 0 spiro atoms. The molecule has 1 aliphatic heterocycles. The number of hydrogen-bond donors (Lipinski definition) is 2. The van der Waals surface area contributed by atoms with Gasteiger partial charge in [-0.1, -0.05) is 18.2 Å². The lowest BCUT2D eigenvalue weighted by Crippen LogP contribution is -2.51. The van der Waals surface area contributed by atoms with E-state index in [4.69, 9.17) is 5.11 Å². The van der Waals surface area contributed by atoms with E-state index in [9.17, 15) is 24.0 Å². The molecule has 1 aromatic carbocycles. The number of nitrogens with zero attached hydrogens (tertiary/aromatic N) is 2. The fourth-order valence-electron chi connectivity index (χ4n) is 2.61. The van der Waals surface area contributed by atoms with Gasteiger partial charge < -0.3 is 15.2 Å². The highest BCUT2D eigenvalue weighted by Crippen LogP contribution is 2.18. The summed E-state index contributed by atoms with van der Waals surface area (Å²) in [6.45, 7) is 0.377. The Morgan fingerprint density at radius 2 is 1.90 bits per heavy atom. The van der Waals surface area contributed by atoms with E-state index < -0.39 is 55.3 Å². The number of anilines is 1. The summed E-state index contributed by atoms with van der Waals surface area (Å²) in [5.74, 6) is -3.50. The molecule has 0 saturated carbocycles. The van der Waals surface area contributed by atoms with Crippen LogP contribution in [0.4, 0.5) is 10.5 Å². The minimum atomic E-state index is -1.38. The number of Topliss-reactive ketones (excluding diaryl/α,β-unsaturated/α-hetero) is 1. The Morgan fingerprint density at radius 3 is 2.52 bits per heavy atom. The zero-order valence-electron chi connectivity index (χ0n) is 15.7. The van der Waals surface area contributed by atoms with Crippen LogP contribution in [0.1, 0.15) is 13.3 Å². The second kappa shape index (κ2) is 10.0. The zero-order valence-corrected chi connectivity index (χ0v) is 15.7. The second-order valence-corrected chi connectivity index (χ2v) is 6.21. The van der Waals surface area contributed by atoms with Gasteiger partial charge in [-0.05, 0) is 18.2 Å². The van der Waals surface area contributed by atoms with Crippen LogP contribution in [0, 0.1) is 0 Å². The molecule has 1 heterocycles. The largest absolute Gasteiger partial charge is 0.481 e. The number of nitrogens with one attached hydrogen (secondary N) is 1. The van der Waals surface area contributed by atoms with E-state index in [2.05, 4.69) is 10.1 Å². The highest BCUT2D eigenvalue weighted by Gasteiger charge is 2.28. The molecule has 0 saturated heterocycles. The molecule has 10 heteroatoms. The number of urea groups is 1. The Hall–Kier alpha value is -3.69. The van der Waals surface area contributed by atoms with Gasteiger partial charge in [0.1, 0.15) is 12.6 Å². The maximum Gasteiger partial charge on any atom is 0.329 e.